The van der Waals surface area contributed by atoms with Crippen molar-refractivity contribution in [1.82, 2.24) is 9.97 Å². The van der Waals surface area contributed by atoms with Crippen LogP contribution in [0, 0.1) is 6.92 Å². The van der Waals surface area contributed by atoms with Crippen LogP contribution >= 0.6 is 0 Å². The lowest BCUT2D eigenvalue weighted by atomic mass is 10.4. The van der Waals surface area contributed by atoms with E-state index in [0.29, 0.717) is 0 Å². The fourth-order valence-corrected chi connectivity index (χ4v) is 1.82. The zero-order valence-electron chi connectivity index (χ0n) is 8.10. The average molecular weight is 216 g/mol. The summed E-state index contributed by atoms with van der Waals surface area (Å²) in [5, 5.41) is -0.139. The lowest BCUT2D eigenvalue weighted by Gasteiger charge is -2.01. The maximum atomic E-state index is 11.5. The first-order chi connectivity index (χ1) is 6.56. The van der Waals surface area contributed by atoms with E-state index >= 15 is 0 Å². The molecule has 0 radical (unpaired) electrons. The van der Waals surface area contributed by atoms with E-state index in [1.54, 1.807) is 6.92 Å². The van der Waals surface area contributed by atoms with Gasteiger partial charge < -0.3 is 4.74 Å². The summed E-state index contributed by atoms with van der Waals surface area (Å²) in [6, 6.07) is 0. The third kappa shape index (κ3) is 2.74. The molecule has 0 bridgehead atoms. The second-order valence-electron chi connectivity index (χ2n) is 2.85. The van der Waals surface area contributed by atoms with E-state index < -0.39 is 9.84 Å². The number of methoxy groups -OCH3 is 1. The van der Waals surface area contributed by atoms with Crippen molar-refractivity contribution in [3.63, 3.8) is 0 Å². The molecule has 0 aliphatic carbocycles. The molecule has 0 aliphatic heterocycles. The van der Waals surface area contributed by atoms with Gasteiger partial charge in [0.1, 0.15) is 0 Å². The Morgan fingerprint density at radius 2 is 1.93 bits per heavy atom. The van der Waals surface area contributed by atoms with Gasteiger partial charge in [0, 0.05) is 19.5 Å². The van der Waals surface area contributed by atoms with Crippen molar-refractivity contribution >= 4 is 9.84 Å². The Kier molecular flexibility index (Phi) is 3.54. The standard InChI is InChI=1S/C8H12N2O3S/c1-7-5-9-8(10-6-7)14(11,12)4-3-13-2/h5-6H,3-4H2,1-2H3. The second kappa shape index (κ2) is 4.47. The molecule has 0 fully saturated rings. The number of sulfone groups is 1. The van der Waals surface area contributed by atoms with Crippen LogP contribution in [0.3, 0.4) is 0 Å². The molecule has 14 heavy (non-hydrogen) atoms. The highest BCUT2D eigenvalue weighted by molar-refractivity contribution is 7.91. The van der Waals surface area contributed by atoms with Gasteiger partial charge >= 0.3 is 0 Å². The fraction of sp³-hybridized carbons (Fsp3) is 0.500. The molecule has 1 rings (SSSR count). The maximum Gasteiger partial charge on any atom is 0.247 e. The van der Waals surface area contributed by atoms with E-state index in [1.165, 1.54) is 19.5 Å². The third-order valence-electron chi connectivity index (χ3n) is 1.59. The average Bonchev–Trinajstić information content (AvgIpc) is 2.16. The zero-order valence-corrected chi connectivity index (χ0v) is 8.91. The van der Waals surface area contributed by atoms with Crippen LogP contribution in [0.25, 0.3) is 0 Å². The van der Waals surface area contributed by atoms with E-state index in [9.17, 15) is 8.42 Å². The van der Waals surface area contributed by atoms with Crippen molar-refractivity contribution in [2.24, 2.45) is 0 Å². The summed E-state index contributed by atoms with van der Waals surface area (Å²) in [7, 11) is -1.94. The highest BCUT2D eigenvalue weighted by atomic mass is 32.2. The SMILES string of the molecule is COCCS(=O)(=O)c1ncc(C)cn1. The van der Waals surface area contributed by atoms with Crippen molar-refractivity contribution in [3.05, 3.63) is 18.0 Å². The molecular weight excluding hydrogens is 204 g/mol. The summed E-state index contributed by atoms with van der Waals surface area (Å²) in [6.07, 6.45) is 2.96. The minimum Gasteiger partial charge on any atom is -0.384 e. The Bertz CT molecular complexity index is 386. The molecule has 0 saturated heterocycles. The van der Waals surface area contributed by atoms with Crippen molar-refractivity contribution < 1.29 is 13.2 Å². The molecule has 0 amide bonds. The van der Waals surface area contributed by atoms with Crippen LogP contribution in [-0.2, 0) is 14.6 Å². The van der Waals surface area contributed by atoms with Crippen LogP contribution in [0.15, 0.2) is 17.6 Å². The van der Waals surface area contributed by atoms with Crippen LogP contribution in [0.4, 0.5) is 0 Å². The predicted octanol–water partition coefficient (Wildman–Crippen LogP) is 0.205. The smallest absolute Gasteiger partial charge is 0.247 e. The lowest BCUT2D eigenvalue weighted by Crippen LogP contribution is -2.14. The molecule has 0 unspecified atom stereocenters. The van der Waals surface area contributed by atoms with Crippen LogP contribution in [0.1, 0.15) is 5.56 Å². The number of nitrogens with zero attached hydrogens (tertiary/aromatic N) is 2. The first-order valence-corrected chi connectivity index (χ1v) is 5.72. The number of hydrogen-bond donors (Lipinski definition) is 0. The summed E-state index contributed by atoms with van der Waals surface area (Å²) in [4.78, 5) is 7.50. The molecule has 78 valence electrons. The Labute approximate surface area is 83.1 Å². The number of aryl methyl sites for hydroxylation is 1. The van der Waals surface area contributed by atoms with Crippen LogP contribution in [0.5, 0.6) is 0 Å². The highest BCUT2D eigenvalue weighted by Gasteiger charge is 2.16. The van der Waals surface area contributed by atoms with E-state index in [1.807, 2.05) is 0 Å². The van der Waals surface area contributed by atoms with E-state index in [0.717, 1.165) is 5.56 Å². The minimum absolute atomic E-state index is 0.0907. The quantitative estimate of drug-likeness (QED) is 0.673. The van der Waals surface area contributed by atoms with Gasteiger partial charge in [0.25, 0.3) is 0 Å². The number of rotatable bonds is 4. The number of aromatic nitrogens is 2. The van der Waals surface area contributed by atoms with Crippen molar-refractivity contribution in [2.45, 2.75) is 12.1 Å². The molecular formula is C8H12N2O3S. The molecule has 1 aromatic rings. The molecule has 0 atom stereocenters. The van der Waals surface area contributed by atoms with Gasteiger partial charge in [0.05, 0.1) is 12.4 Å². The van der Waals surface area contributed by atoms with Crippen molar-refractivity contribution in [2.75, 3.05) is 19.5 Å². The second-order valence-corrected chi connectivity index (χ2v) is 4.86. The van der Waals surface area contributed by atoms with Crippen LogP contribution in [-0.4, -0.2) is 37.9 Å². The lowest BCUT2D eigenvalue weighted by molar-refractivity contribution is 0.217. The van der Waals surface area contributed by atoms with Gasteiger partial charge in [-0.2, -0.15) is 0 Å². The molecule has 6 heteroatoms. The maximum absolute atomic E-state index is 11.5. The van der Waals surface area contributed by atoms with Gasteiger partial charge in [-0.1, -0.05) is 0 Å². The minimum atomic E-state index is -3.39. The van der Waals surface area contributed by atoms with Gasteiger partial charge in [-0.25, -0.2) is 18.4 Å². The Morgan fingerprint density at radius 1 is 1.36 bits per heavy atom. The molecule has 0 aliphatic rings. The third-order valence-corrected chi connectivity index (χ3v) is 3.06. The van der Waals surface area contributed by atoms with Crippen molar-refractivity contribution in [3.8, 4) is 0 Å². The van der Waals surface area contributed by atoms with Gasteiger partial charge in [-0.3, -0.25) is 0 Å². The monoisotopic (exact) mass is 216 g/mol. The Balaban J connectivity index is 2.87. The summed E-state index contributed by atoms with van der Waals surface area (Å²) >= 11 is 0. The summed E-state index contributed by atoms with van der Waals surface area (Å²) in [5.74, 6) is -0.0907. The first-order valence-electron chi connectivity index (χ1n) is 4.06. The predicted molar refractivity (Wildman–Crippen MR) is 50.7 cm³/mol. The molecule has 0 aromatic carbocycles. The largest absolute Gasteiger partial charge is 0.384 e. The number of ether oxygens (including phenoxy) is 1. The zero-order chi connectivity index (χ0) is 10.6. The van der Waals surface area contributed by atoms with Gasteiger partial charge in [-0.15, -0.1) is 0 Å². The molecule has 0 spiro atoms. The van der Waals surface area contributed by atoms with E-state index in [4.69, 9.17) is 0 Å². The first kappa shape index (κ1) is 11.1. The molecule has 0 saturated carbocycles. The van der Waals surface area contributed by atoms with Gasteiger partial charge in [0.15, 0.2) is 0 Å². The molecule has 1 heterocycles. The summed E-state index contributed by atoms with van der Waals surface area (Å²) < 4.78 is 27.7. The normalized spacial score (nSPS) is 11.6. The topological polar surface area (TPSA) is 69.2 Å². The number of hydrogen-bond acceptors (Lipinski definition) is 5. The molecule has 5 nitrogen and oxygen atoms in total. The van der Waals surface area contributed by atoms with Gasteiger partial charge in [-0.05, 0) is 12.5 Å². The Morgan fingerprint density at radius 3 is 2.43 bits per heavy atom. The van der Waals surface area contributed by atoms with Gasteiger partial charge in [0.2, 0.25) is 15.0 Å². The Hall–Kier alpha value is -1.01. The molecule has 0 N–H and O–H groups in total. The van der Waals surface area contributed by atoms with Crippen LogP contribution in [0.2, 0.25) is 0 Å². The fourth-order valence-electron chi connectivity index (χ4n) is 0.826. The highest BCUT2D eigenvalue weighted by Crippen LogP contribution is 2.04. The van der Waals surface area contributed by atoms with E-state index in [2.05, 4.69) is 14.7 Å². The van der Waals surface area contributed by atoms with Crippen LogP contribution < -0.4 is 0 Å². The molecule has 1 aromatic heterocycles. The summed E-state index contributed by atoms with van der Waals surface area (Å²) in [5.41, 5.74) is 0.829. The van der Waals surface area contributed by atoms with Crippen molar-refractivity contribution in [1.29, 1.82) is 0 Å². The summed E-state index contributed by atoms with van der Waals surface area (Å²) in [6.45, 7) is 1.95. The van der Waals surface area contributed by atoms with E-state index in [-0.39, 0.29) is 17.5 Å².